The number of nitrogens with zero attached hydrogens (tertiary/aromatic N) is 2. The number of amides is 1. The van der Waals surface area contributed by atoms with Crippen molar-refractivity contribution < 1.29 is 9.90 Å². The first kappa shape index (κ1) is 18.3. The maximum Gasteiger partial charge on any atom is 0.252 e. The summed E-state index contributed by atoms with van der Waals surface area (Å²) >= 11 is 0. The van der Waals surface area contributed by atoms with Crippen molar-refractivity contribution in [2.75, 3.05) is 0 Å². The summed E-state index contributed by atoms with van der Waals surface area (Å²) in [5.41, 5.74) is 7.27. The lowest BCUT2D eigenvalue weighted by molar-refractivity contribution is 0.0943. The zero-order chi connectivity index (χ0) is 21.7. The number of H-pyrrole nitrogens is 1. The smallest absolute Gasteiger partial charge is 0.252 e. The second-order valence-electron chi connectivity index (χ2n) is 7.79. The van der Waals surface area contributed by atoms with E-state index >= 15 is 0 Å². The molecule has 0 aliphatic heterocycles. The summed E-state index contributed by atoms with van der Waals surface area (Å²) in [5.74, 6) is 0.583. The van der Waals surface area contributed by atoms with Crippen LogP contribution in [0.15, 0.2) is 85.2 Å². The Morgan fingerprint density at radius 3 is 2.62 bits per heavy atom. The van der Waals surface area contributed by atoms with Crippen LogP contribution >= 0.6 is 0 Å². The molecule has 1 atom stereocenters. The molecule has 0 radical (unpaired) electrons. The summed E-state index contributed by atoms with van der Waals surface area (Å²) in [7, 11) is 0. The van der Waals surface area contributed by atoms with Gasteiger partial charge in [0.15, 0.2) is 0 Å². The first-order valence-corrected chi connectivity index (χ1v) is 10.3. The number of hydrogen-bond donors (Lipinski definition) is 3. The van der Waals surface area contributed by atoms with Gasteiger partial charge in [-0.1, -0.05) is 48.5 Å². The van der Waals surface area contributed by atoms with Crippen LogP contribution in [-0.2, 0) is 0 Å². The van der Waals surface area contributed by atoms with Crippen LogP contribution < -0.4 is 5.32 Å². The Kier molecular flexibility index (Phi) is 4.04. The highest BCUT2D eigenvalue weighted by Crippen LogP contribution is 2.47. The van der Waals surface area contributed by atoms with Crippen LogP contribution in [0.2, 0.25) is 0 Å². The molecule has 2 heterocycles. The van der Waals surface area contributed by atoms with Crippen molar-refractivity contribution in [1.82, 2.24) is 20.3 Å². The highest BCUT2D eigenvalue weighted by molar-refractivity contribution is 5.97. The lowest BCUT2D eigenvalue weighted by Crippen LogP contribution is -2.28. The fourth-order valence-electron chi connectivity index (χ4n) is 4.45. The number of aromatic nitrogens is 3. The molecular formula is C26H18N4O2. The van der Waals surface area contributed by atoms with Gasteiger partial charge in [0.1, 0.15) is 11.6 Å². The first-order valence-electron chi connectivity index (χ1n) is 10.3. The van der Waals surface area contributed by atoms with Crippen LogP contribution in [-0.4, -0.2) is 26.0 Å². The largest absolute Gasteiger partial charge is 0.508 e. The number of aromatic amines is 1. The van der Waals surface area contributed by atoms with E-state index in [4.69, 9.17) is 4.98 Å². The van der Waals surface area contributed by atoms with Gasteiger partial charge in [-0.2, -0.15) is 0 Å². The number of benzene rings is 3. The molecule has 0 unspecified atom stereocenters. The number of phenolic OH excluding ortho intramolecular Hbond substituents is 1. The maximum atomic E-state index is 13.0. The molecule has 6 heteroatoms. The molecule has 3 N–H and O–H groups in total. The van der Waals surface area contributed by atoms with E-state index in [1.165, 1.54) is 6.07 Å². The van der Waals surface area contributed by atoms with Crippen LogP contribution in [0.1, 0.15) is 27.5 Å². The summed E-state index contributed by atoms with van der Waals surface area (Å²) in [6, 6.07) is 22.1. The summed E-state index contributed by atoms with van der Waals surface area (Å²) in [6.45, 7) is 0. The molecule has 5 aromatic rings. The molecule has 2 aromatic heterocycles. The SMILES string of the molecule is O=C(N[C@@H]1c2ccccc2-c2c(-c3nc4ccncc4[nH]3)cccc21)c1cccc(O)c1. The highest BCUT2D eigenvalue weighted by Gasteiger charge is 2.32. The molecule has 6 rings (SSSR count). The van der Waals surface area contributed by atoms with Crippen molar-refractivity contribution in [2.45, 2.75) is 6.04 Å². The Bertz CT molecular complexity index is 1470. The van der Waals surface area contributed by atoms with E-state index in [2.05, 4.69) is 21.4 Å². The Morgan fingerprint density at radius 2 is 1.75 bits per heavy atom. The molecule has 1 aliphatic rings. The molecule has 1 amide bonds. The van der Waals surface area contributed by atoms with E-state index in [1.807, 2.05) is 42.5 Å². The van der Waals surface area contributed by atoms with Gasteiger partial charge in [0.25, 0.3) is 5.91 Å². The quantitative estimate of drug-likeness (QED) is 0.391. The van der Waals surface area contributed by atoms with Gasteiger partial charge in [0.05, 0.1) is 23.3 Å². The number of pyridine rings is 1. The van der Waals surface area contributed by atoms with Gasteiger partial charge in [-0.3, -0.25) is 9.78 Å². The van der Waals surface area contributed by atoms with Crippen LogP contribution in [0.4, 0.5) is 0 Å². The van der Waals surface area contributed by atoms with Gasteiger partial charge < -0.3 is 15.4 Å². The third-order valence-electron chi connectivity index (χ3n) is 5.87. The number of carbonyl (C=O) groups excluding carboxylic acids is 1. The van der Waals surface area contributed by atoms with Crippen molar-refractivity contribution in [3.63, 3.8) is 0 Å². The second kappa shape index (κ2) is 7.06. The third kappa shape index (κ3) is 2.85. The Labute approximate surface area is 183 Å². The third-order valence-corrected chi connectivity index (χ3v) is 5.87. The Hall–Kier alpha value is -4.45. The molecule has 0 saturated carbocycles. The number of imidazole rings is 1. The molecule has 1 aliphatic carbocycles. The van der Waals surface area contributed by atoms with Crippen LogP contribution in [0.25, 0.3) is 33.5 Å². The van der Waals surface area contributed by atoms with E-state index in [0.29, 0.717) is 5.56 Å². The zero-order valence-corrected chi connectivity index (χ0v) is 16.9. The second-order valence-corrected chi connectivity index (χ2v) is 7.79. The molecule has 154 valence electrons. The van der Waals surface area contributed by atoms with E-state index in [-0.39, 0.29) is 17.7 Å². The summed E-state index contributed by atoms with van der Waals surface area (Å²) in [6.07, 6.45) is 3.49. The van der Waals surface area contributed by atoms with E-state index in [0.717, 1.165) is 44.7 Å². The average molecular weight is 418 g/mol. The number of fused-ring (bicyclic) bond motifs is 4. The fraction of sp³-hybridized carbons (Fsp3) is 0.0385. The fourth-order valence-corrected chi connectivity index (χ4v) is 4.45. The minimum absolute atomic E-state index is 0.0616. The van der Waals surface area contributed by atoms with Crippen molar-refractivity contribution in [2.24, 2.45) is 0 Å². The van der Waals surface area contributed by atoms with Gasteiger partial charge in [-0.05, 0) is 46.5 Å². The van der Waals surface area contributed by atoms with E-state index < -0.39 is 0 Å². The summed E-state index contributed by atoms with van der Waals surface area (Å²) in [5, 5.41) is 12.9. The van der Waals surface area contributed by atoms with Gasteiger partial charge in [-0.15, -0.1) is 0 Å². The minimum atomic E-state index is -0.304. The predicted molar refractivity (Wildman–Crippen MR) is 122 cm³/mol. The molecule has 6 nitrogen and oxygen atoms in total. The topological polar surface area (TPSA) is 90.9 Å². The standard InChI is InChI=1S/C26H18N4O2/c31-16-6-3-5-15(13-16)26(32)30-24-18-8-2-1-7-17(18)23-19(24)9-4-10-20(23)25-28-21-11-12-27-14-22(21)29-25/h1-14,24,31H,(H,28,29)(H,30,32)/t24-/m1/s1. The van der Waals surface area contributed by atoms with Crippen LogP contribution in [0.3, 0.4) is 0 Å². The molecule has 0 fully saturated rings. The molecule has 0 spiro atoms. The average Bonchev–Trinajstić information content (AvgIpc) is 3.39. The minimum Gasteiger partial charge on any atom is -0.508 e. The maximum absolute atomic E-state index is 13.0. The monoisotopic (exact) mass is 418 g/mol. The number of phenols is 1. The number of carbonyl (C=O) groups is 1. The molecule has 3 aromatic carbocycles. The van der Waals surface area contributed by atoms with Gasteiger partial charge >= 0.3 is 0 Å². The van der Waals surface area contributed by atoms with Crippen LogP contribution in [0, 0.1) is 0 Å². The number of aromatic hydroxyl groups is 1. The van der Waals surface area contributed by atoms with E-state index in [9.17, 15) is 9.90 Å². The number of nitrogens with one attached hydrogen (secondary N) is 2. The summed E-state index contributed by atoms with van der Waals surface area (Å²) < 4.78 is 0. The van der Waals surface area contributed by atoms with Crippen LogP contribution in [0.5, 0.6) is 5.75 Å². The molecule has 32 heavy (non-hydrogen) atoms. The Morgan fingerprint density at radius 1 is 0.938 bits per heavy atom. The highest BCUT2D eigenvalue weighted by atomic mass is 16.3. The molecular weight excluding hydrogens is 400 g/mol. The van der Waals surface area contributed by atoms with Gasteiger partial charge in [0, 0.05) is 17.3 Å². The predicted octanol–water partition coefficient (Wildman–Crippen LogP) is 4.83. The van der Waals surface area contributed by atoms with E-state index in [1.54, 1.807) is 30.6 Å². The van der Waals surface area contributed by atoms with Crippen molar-refractivity contribution in [3.05, 3.63) is 102 Å². The van der Waals surface area contributed by atoms with Crippen molar-refractivity contribution in [1.29, 1.82) is 0 Å². The molecule has 0 saturated heterocycles. The zero-order valence-electron chi connectivity index (χ0n) is 16.9. The van der Waals surface area contributed by atoms with Crippen molar-refractivity contribution in [3.8, 4) is 28.3 Å². The number of rotatable bonds is 3. The molecule has 0 bridgehead atoms. The first-order chi connectivity index (χ1) is 15.7. The Balaban J connectivity index is 1.48. The summed E-state index contributed by atoms with van der Waals surface area (Å²) in [4.78, 5) is 25.3. The van der Waals surface area contributed by atoms with Gasteiger partial charge in [0.2, 0.25) is 0 Å². The lowest BCUT2D eigenvalue weighted by Gasteiger charge is -2.16. The van der Waals surface area contributed by atoms with Gasteiger partial charge in [-0.25, -0.2) is 4.98 Å². The lowest BCUT2D eigenvalue weighted by atomic mass is 9.98. The van der Waals surface area contributed by atoms with Crippen molar-refractivity contribution >= 4 is 16.9 Å². The number of hydrogen-bond acceptors (Lipinski definition) is 4. The normalized spacial score (nSPS) is 14.2.